The number of rotatable bonds is 6. The first-order valence-corrected chi connectivity index (χ1v) is 8.98. The number of carbonyl (C=O) groups excluding carboxylic acids is 2. The van der Waals surface area contributed by atoms with E-state index in [1.807, 2.05) is 19.2 Å². The van der Waals surface area contributed by atoms with Gasteiger partial charge in [0.05, 0.1) is 10.7 Å². The molecule has 1 N–H and O–H groups in total. The minimum absolute atomic E-state index is 0.0175. The van der Waals surface area contributed by atoms with Crippen LogP contribution < -0.4 is 5.32 Å². The van der Waals surface area contributed by atoms with Crippen molar-refractivity contribution < 1.29 is 9.59 Å². The van der Waals surface area contributed by atoms with Gasteiger partial charge in [0, 0.05) is 31.3 Å². The van der Waals surface area contributed by atoms with E-state index in [1.165, 1.54) is 0 Å². The lowest BCUT2D eigenvalue weighted by Crippen LogP contribution is -2.52. The molecule has 0 spiro atoms. The van der Waals surface area contributed by atoms with Crippen molar-refractivity contribution in [3.8, 4) is 0 Å². The molecule has 0 aliphatic carbocycles. The van der Waals surface area contributed by atoms with E-state index >= 15 is 0 Å². The summed E-state index contributed by atoms with van der Waals surface area (Å²) >= 11 is 1.62. The van der Waals surface area contributed by atoms with Crippen molar-refractivity contribution in [2.24, 2.45) is 0 Å². The van der Waals surface area contributed by atoms with Crippen LogP contribution in [0.3, 0.4) is 0 Å². The molecule has 1 aliphatic heterocycles. The van der Waals surface area contributed by atoms with Crippen LogP contribution in [0, 0.1) is 6.92 Å². The number of nitrogens with zero attached hydrogens (tertiary/aromatic N) is 2. The number of piperidine rings is 1. The Hall–Kier alpha value is -1.43. The van der Waals surface area contributed by atoms with Crippen LogP contribution in [0.25, 0.3) is 0 Å². The molecule has 22 heavy (non-hydrogen) atoms. The third-order valence-electron chi connectivity index (χ3n) is 3.94. The van der Waals surface area contributed by atoms with Crippen molar-refractivity contribution in [1.29, 1.82) is 0 Å². The summed E-state index contributed by atoms with van der Waals surface area (Å²) in [7, 11) is 0. The molecule has 2 heterocycles. The minimum Gasteiger partial charge on any atom is -0.354 e. The molecule has 6 heteroatoms. The minimum atomic E-state index is -0.287. The van der Waals surface area contributed by atoms with Crippen LogP contribution in [0.4, 0.5) is 0 Å². The van der Waals surface area contributed by atoms with Crippen molar-refractivity contribution >= 4 is 23.2 Å². The molecule has 2 rings (SSSR count). The summed E-state index contributed by atoms with van der Waals surface area (Å²) in [5.41, 5.74) is 1.02. The molecule has 122 valence electrons. The molecular formula is C16H25N3O2S. The summed E-state index contributed by atoms with van der Waals surface area (Å²) in [6, 6.07) is -0.287. The van der Waals surface area contributed by atoms with Crippen LogP contribution in [0.5, 0.6) is 0 Å². The fraction of sp³-hybridized carbons (Fsp3) is 0.688. The molecule has 2 amide bonds. The van der Waals surface area contributed by atoms with E-state index in [9.17, 15) is 9.59 Å². The Labute approximate surface area is 136 Å². The second-order valence-electron chi connectivity index (χ2n) is 5.75. The molecular weight excluding hydrogens is 298 g/mol. The quantitative estimate of drug-likeness (QED) is 0.874. The molecule has 1 unspecified atom stereocenters. The number of aryl methyl sites for hydroxylation is 1. The van der Waals surface area contributed by atoms with Gasteiger partial charge in [0.1, 0.15) is 6.04 Å². The highest BCUT2D eigenvalue weighted by atomic mass is 32.1. The average Bonchev–Trinajstić information content (AvgIpc) is 2.93. The first kappa shape index (κ1) is 16.9. The summed E-state index contributed by atoms with van der Waals surface area (Å²) in [4.78, 5) is 30.7. The van der Waals surface area contributed by atoms with Crippen molar-refractivity contribution in [2.45, 2.75) is 58.4 Å². The van der Waals surface area contributed by atoms with Crippen molar-refractivity contribution in [1.82, 2.24) is 15.2 Å². The van der Waals surface area contributed by atoms with Crippen LogP contribution in [-0.2, 0) is 16.0 Å². The zero-order valence-electron chi connectivity index (χ0n) is 13.4. The van der Waals surface area contributed by atoms with Gasteiger partial charge in [-0.25, -0.2) is 4.98 Å². The molecule has 0 aromatic carbocycles. The fourth-order valence-electron chi connectivity index (χ4n) is 2.81. The van der Waals surface area contributed by atoms with Gasteiger partial charge in [-0.3, -0.25) is 9.59 Å². The van der Waals surface area contributed by atoms with E-state index < -0.39 is 0 Å². The van der Waals surface area contributed by atoms with Crippen LogP contribution in [-0.4, -0.2) is 40.8 Å². The van der Waals surface area contributed by atoms with Crippen LogP contribution in [0.15, 0.2) is 5.38 Å². The predicted molar refractivity (Wildman–Crippen MR) is 87.8 cm³/mol. The lowest BCUT2D eigenvalue weighted by atomic mass is 10.0. The number of nitrogens with one attached hydrogen (secondary N) is 1. The maximum absolute atomic E-state index is 12.4. The van der Waals surface area contributed by atoms with E-state index in [-0.39, 0.29) is 17.9 Å². The maximum Gasteiger partial charge on any atom is 0.242 e. The van der Waals surface area contributed by atoms with Gasteiger partial charge in [-0.2, -0.15) is 0 Å². The van der Waals surface area contributed by atoms with Gasteiger partial charge in [-0.1, -0.05) is 6.92 Å². The first-order valence-electron chi connectivity index (χ1n) is 8.10. The Morgan fingerprint density at radius 3 is 2.95 bits per heavy atom. The molecule has 0 bridgehead atoms. The smallest absolute Gasteiger partial charge is 0.242 e. The molecule has 1 aliphatic rings. The molecule has 0 radical (unpaired) electrons. The van der Waals surface area contributed by atoms with E-state index in [0.717, 1.165) is 42.8 Å². The maximum atomic E-state index is 12.4. The topological polar surface area (TPSA) is 62.3 Å². The van der Waals surface area contributed by atoms with Gasteiger partial charge in [-0.15, -0.1) is 11.3 Å². The standard InChI is InChI=1S/C16H25N3O2S/c1-3-6-15(20)19-10-5-4-7-14(19)16(21)17-9-8-13-11-22-12(2)18-13/h11,14H,3-10H2,1-2H3,(H,17,21). The van der Waals surface area contributed by atoms with Crippen LogP contribution in [0.1, 0.15) is 49.7 Å². The van der Waals surface area contributed by atoms with Crippen molar-refractivity contribution in [3.63, 3.8) is 0 Å². The van der Waals surface area contributed by atoms with E-state index in [4.69, 9.17) is 0 Å². The largest absolute Gasteiger partial charge is 0.354 e. The summed E-state index contributed by atoms with van der Waals surface area (Å²) in [5, 5.41) is 6.04. The summed E-state index contributed by atoms with van der Waals surface area (Å²) in [6.07, 6.45) is 4.88. The molecule has 0 saturated carbocycles. The van der Waals surface area contributed by atoms with E-state index in [1.54, 1.807) is 16.2 Å². The van der Waals surface area contributed by atoms with Gasteiger partial charge in [0.2, 0.25) is 11.8 Å². The fourth-order valence-corrected chi connectivity index (χ4v) is 3.46. The Kier molecular flexibility index (Phi) is 6.36. The monoisotopic (exact) mass is 323 g/mol. The highest BCUT2D eigenvalue weighted by Gasteiger charge is 2.31. The molecule has 1 aromatic rings. The highest BCUT2D eigenvalue weighted by Crippen LogP contribution is 2.18. The molecule has 1 atom stereocenters. The third kappa shape index (κ3) is 4.53. The number of amides is 2. The second-order valence-corrected chi connectivity index (χ2v) is 6.81. The highest BCUT2D eigenvalue weighted by molar-refractivity contribution is 7.09. The lowest BCUT2D eigenvalue weighted by Gasteiger charge is -2.34. The van der Waals surface area contributed by atoms with Gasteiger partial charge in [0.25, 0.3) is 0 Å². The third-order valence-corrected chi connectivity index (χ3v) is 4.76. The summed E-state index contributed by atoms with van der Waals surface area (Å²) < 4.78 is 0. The zero-order chi connectivity index (χ0) is 15.9. The van der Waals surface area contributed by atoms with Crippen molar-refractivity contribution in [3.05, 3.63) is 16.1 Å². The number of carbonyl (C=O) groups is 2. The Morgan fingerprint density at radius 2 is 2.27 bits per heavy atom. The first-order chi connectivity index (χ1) is 10.6. The average molecular weight is 323 g/mol. The van der Waals surface area contributed by atoms with Gasteiger partial charge in [-0.05, 0) is 32.6 Å². The number of hydrogen-bond acceptors (Lipinski definition) is 4. The van der Waals surface area contributed by atoms with Crippen LogP contribution >= 0.6 is 11.3 Å². The predicted octanol–water partition coefficient (Wildman–Crippen LogP) is 2.29. The normalized spacial score (nSPS) is 18.3. The van der Waals surface area contributed by atoms with E-state index in [0.29, 0.717) is 19.5 Å². The van der Waals surface area contributed by atoms with Gasteiger partial charge >= 0.3 is 0 Å². The van der Waals surface area contributed by atoms with Gasteiger partial charge < -0.3 is 10.2 Å². The number of thiazole rings is 1. The number of hydrogen-bond donors (Lipinski definition) is 1. The lowest BCUT2D eigenvalue weighted by molar-refractivity contribution is -0.142. The SMILES string of the molecule is CCCC(=O)N1CCCCC1C(=O)NCCc1csc(C)n1. The van der Waals surface area contributed by atoms with Crippen molar-refractivity contribution in [2.75, 3.05) is 13.1 Å². The summed E-state index contributed by atoms with van der Waals surface area (Å²) in [6.45, 7) is 5.26. The molecule has 1 saturated heterocycles. The summed E-state index contributed by atoms with van der Waals surface area (Å²) in [5.74, 6) is 0.0913. The number of likely N-dealkylation sites (tertiary alicyclic amines) is 1. The van der Waals surface area contributed by atoms with E-state index in [2.05, 4.69) is 10.3 Å². The van der Waals surface area contributed by atoms with Crippen LogP contribution in [0.2, 0.25) is 0 Å². The Morgan fingerprint density at radius 1 is 1.45 bits per heavy atom. The second kappa shape index (κ2) is 8.27. The molecule has 1 aromatic heterocycles. The zero-order valence-corrected chi connectivity index (χ0v) is 14.2. The number of aromatic nitrogens is 1. The molecule has 5 nitrogen and oxygen atoms in total. The molecule has 1 fully saturated rings. The Bertz CT molecular complexity index is 515. The van der Waals surface area contributed by atoms with Gasteiger partial charge in [0.15, 0.2) is 0 Å². The Balaban J connectivity index is 1.84.